The molecule has 66 valence electrons. The summed E-state index contributed by atoms with van der Waals surface area (Å²) in [5.41, 5.74) is 0.821. The first-order valence-corrected chi connectivity index (χ1v) is 4.26. The summed E-state index contributed by atoms with van der Waals surface area (Å²) in [5, 5.41) is 7.49. The van der Waals surface area contributed by atoms with Crippen molar-refractivity contribution in [2.24, 2.45) is 0 Å². The van der Waals surface area contributed by atoms with Crippen molar-refractivity contribution in [3.63, 3.8) is 0 Å². The molecule has 1 heterocycles. The Morgan fingerprint density at radius 2 is 2.17 bits per heavy atom. The van der Waals surface area contributed by atoms with E-state index in [9.17, 15) is 0 Å². The van der Waals surface area contributed by atoms with Crippen molar-refractivity contribution >= 4 is 0 Å². The molecule has 0 radical (unpaired) electrons. The molecule has 1 aromatic rings. The van der Waals surface area contributed by atoms with Gasteiger partial charge in [0.2, 0.25) is 0 Å². The maximum atomic E-state index is 5.49. The van der Waals surface area contributed by atoms with Gasteiger partial charge in [0, 0.05) is 5.92 Å². The highest BCUT2D eigenvalue weighted by Crippen LogP contribution is 2.29. The fourth-order valence-electron chi connectivity index (χ4n) is 0.965. The third-order valence-electron chi connectivity index (χ3n) is 1.83. The van der Waals surface area contributed by atoms with E-state index in [2.05, 4.69) is 14.9 Å². The molecule has 0 aromatic carbocycles. The van der Waals surface area contributed by atoms with Crippen LogP contribution in [-0.2, 0) is 0 Å². The van der Waals surface area contributed by atoms with E-state index in [0.717, 1.165) is 18.5 Å². The topological polar surface area (TPSA) is 48.2 Å². The molecule has 0 bridgehead atoms. The van der Waals surface area contributed by atoms with E-state index >= 15 is 0 Å². The van der Waals surface area contributed by atoms with Gasteiger partial charge in [0.05, 0.1) is 0 Å². The zero-order valence-corrected chi connectivity index (χ0v) is 7.28. The maximum absolute atomic E-state index is 5.49. The number of hydrogen-bond donors (Lipinski definition) is 0. The molecule has 0 saturated heterocycles. The van der Waals surface area contributed by atoms with Crippen LogP contribution in [0.15, 0.2) is 4.63 Å². The van der Waals surface area contributed by atoms with Crippen molar-refractivity contribution in [2.75, 3.05) is 0 Å². The quantitative estimate of drug-likeness (QED) is 0.689. The van der Waals surface area contributed by atoms with Gasteiger partial charge in [0.25, 0.3) is 5.88 Å². The molecule has 0 unspecified atom stereocenters. The predicted octanol–water partition coefficient (Wildman–Crippen LogP) is 1.73. The molecule has 0 amide bonds. The second-order valence-electron chi connectivity index (χ2n) is 3.43. The van der Waals surface area contributed by atoms with Crippen LogP contribution in [0.4, 0.5) is 0 Å². The van der Waals surface area contributed by atoms with Gasteiger partial charge in [-0.15, -0.1) is 0 Å². The monoisotopic (exact) mass is 168 g/mol. The normalized spacial score (nSPS) is 16.9. The Morgan fingerprint density at radius 3 is 2.75 bits per heavy atom. The first kappa shape index (κ1) is 7.58. The minimum Gasteiger partial charge on any atom is -0.471 e. The molecule has 4 nitrogen and oxygen atoms in total. The molecule has 1 saturated carbocycles. The molecule has 0 atom stereocenters. The minimum atomic E-state index is 0.310. The van der Waals surface area contributed by atoms with E-state index in [0.29, 0.717) is 17.9 Å². The SMILES string of the molecule is CC(C)c1nonc1OC1CC1. The molecule has 2 rings (SSSR count). The van der Waals surface area contributed by atoms with Gasteiger partial charge in [0.15, 0.2) is 5.69 Å². The summed E-state index contributed by atoms with van der Waals surface area (Å²) in [5.74, 6) is 0.887. The average molecular weight is 168 g/mol. The first-order valence-electron chi connectivity index (χ1n) is 4.26. The summed E-state index contributed by atoms with van der Waals surface area (Å²) >= 11 is 0. The molecule has 0 spiro atoms. The van der Waals surface area contributed by atoms with Crippen LogP contribution < -0.4 is 4.74 Å². The third kappa shape index (κ3) is 1.42. The van der Waals surface area contributed by atoms with Crippen LogP contribution in [0.25, 0.3) is 0 Å². The van der Waals surface area contributed by atoms with E-state index in [1.165, 1.54) is 0 Å². The Morgan fingerprint density at radius 1 is 1.42 bits per heavy atom. The van der Waals surface area contributed by atoms with Crippen LogP contribution in [0.5, 0.6) is 5.88 Å². The van der Waals surface area contributed by atoms with Gasteiger partial charge in [-0.3, -0.25) is 0 Å². The highest BCUT2D eigenvalue weighted by molar-refractivity contribution is 5.18. The fourth-order valence-corrected chi connectivity index (χ4v) is 0.965. The number of ether oxygens (including phenoxy) is 1. The average Bonchev–Trinajstić information content (AvgIpc) is 2.66. The molecule has 0 aliphatic heterocycles. The highest BCUT2D eigenvalue weighted by Gasteiger charge is 2.27. The second kappa shape index (κ2) is 2.77. The lowest BCUT2D eigenvalue weighted by Gasteiger charge is -2.02. The van der Waals surface area contributed by atoms with Crippen LogP contribution in [0.2, 0.25) is 0 Å². The van der Waals surface area contributed by atoms with E-state index in [1.54, 1.807) is 0 Å². The predicted molar refractivity (Wildman–Crippen MR) is 42.0 cm³/mol. The number of aromatic nitrogens is 2. The van der Waals surface area contributed by atoms with Crippen LogP contribution in [0, 0.1) is 0 Å². The molecule has 12 heavy (non-hydrogen) atoms. The van der Waals surface area contributed by atoms with E-state index in [4.69, 9.17) is 4.74 Å². The van der Waals surface area contributed by atoms with Crippen molar-refractivity contribution in [3.8, 4) is 5.88 Å². The summed E-state index contributed by atoms with van der Waals surface area (Å²) < 4.78 is 10.1. The Labute approximate surface area is 70.9 Å². The van der Waals surface area contributed by atoms with Gasteiger partial charge in [-0.05, 0) is 18.0 Å². The summed E-state index contributed by atoms with van der Waals surface area (Å²) in [6.07, 6.45) is 2.61. The smallest absolute Gasteiger partial charge is 0.279 e. The van der Waals surface area contributed by atoms with Gasteiger partial charge in [0.1, 0.15) is 6.10 Å². The highest BCUT2D eigenvalue weighted by atomic mass is 16.6. The minimum absolute atomic E-state index is 0.310. The fraction of sp³-hybridized carbons (Fsp3) is 0.750. The van der Waals surface area contributed by atoms with Gasteiger partial charge >= 0.3 is 0 Å². The molecule has 1 aliphatic carbocycles. The van der Waals surface area contributed by atoms with E-state index in [1.807, 2.05) is 13.8 Å². The lowest BCUT2D eigenvalue weighted by molar-refractivity contribution is 0.247. The zero-order valence-electron chi connectivity index (χ0n) is 7.28. The lowest BCUT2D eigenvalue weighted by atomic mass is 10.1. The van der Waals surface area contributed by atoms with Crippen LogP contribution in [-0.4, -0.2) is 16.4 Å². The Balaban J connectivity index is 2.11. The molecule has 1 aliphatic rings. The number of nitrogens with zero attached hydrogens (tertiary/aromatic N) is 2. The van der Waals surface area contributed by atoms with Crippen LogP contribution in [0.3, 0.4) is 0 Å². The van der Waals surface area contributed by atoms with Crippen molar-refractivity contribution < 1.29 is 9.37 Å². The largest absolute Gasteiger partial charge is 0.471 e. The standard InChI is InChI=1S/C8H12N2O2/c1-5(2)7-8(10-12-9-7)11-6-3-4-6/h5-6H,3-4H2,1-2H3. The molecule has 0 N–H and O–H groups in total. The summed E-state index contributed by atoms with van der Waals surface area (Å²) in [6, 6.07) is 0. The third-order valence-corrected chi connectivity index (χ3v) is 1.83. The zero-order chi connectivity index (χ0) is 8.55. The lowest BCUT2D eigenvalue weighted by Crippen LogP contribution is -2.00. The van der Waals surface area contributed by atoms with Crippen molar-refractivity contribution in [2.45, 2.75) is 38.7 Å². The van der Waals surface area contributed by atoms with Gasteiger partial charge in [-0.25, -0.2) is 4.63 Å². The second-order valence-corrected chi connectivity index (χ2v) is 3.43. The first-order chi connectivity index (χ1) is 5.77. The van der Waals surface area contributed by atoms with Crippen molar-refractivity contribution in [3.05, 3.63) is 5.69 Å². The van der Waals surface area contributed by atoms with Crippen LogP contribution >= 0.6 is 0 Å². The molecule has 1 aromatic heterocycles. The van der Waals surface area contributed by atoms with E-state index < -0.39 is 0 Å². The molecule has 4 heteroatoms. The molecule has 1 fully saturated rings. The van der Waals surface area contributed by atoms with Crippen LogP contribution in [0.1, 0.15) is 38.3 Å². The molecular formula is C8H12N2O2. The number of rotatable bonds is 3. The molecular weight excluding hydrogens is 156 g/mol. The Hall–Kier alpha value is -1.06. The van der Waals surface area contributed by atoms with Crippen molar-refractivity contribution in [1.82, 2.24) is 10.3 Å². The van der Waals surface area contributed by atoms with Crippen molar-refractivity contribution in [1.29, 1.82) is 0 Å². The van der Waals surface area contributed by atoms with Gasteiger partial charge in [-0.1, -0.05) is 19.0 Å². The number of hydrogen-bond acceptors (Lipinski definition) is 4. The Bertz CT molecular complexity index is 266. The van der Waals surface area contributed by atoms with E-state index in [-0.39, 0.29) is 0 Å². The summed E-state index contributed by atoms with van der Waals surface area (Å²) in [7, 11) is 0. The summed E-state index contributed by atoms with van der Waals surface area (Å²) in [4.78, 5) is 0. The van der Waals surface area contributed by atoms with Gasteiger partial charge < -0.3 is 4.74 Å². The Kier molecular flexibility index (Phi) is 1.75. The maximum Gasteiger partial charge on any atom is 0.279 e. The van der Waals surface area contributed by atoms with Gasteiger partial charge in [-0.2, -0.15) is 0 Å². The summed E-state index contributed by atoms with van der Waals surface area (Å²) in [6.45, 7) is 4.08.